The number of non-ortho nitro benzene ring substituents is 1. The molecule has 110 valence electrons. The SMILES string of the molecule is C=CCNC(=O)/C(=C\c1cccc([N+](=O)[O-])c1)NC(C)=O. The van der Waals surface area contributed by atoms with Crippen molar-refractivity contribution in [2.45, 2.75) is 6.92 Å². The van der Waals surface area contributed by atoms with E-state index in [1.165, 1.54) is 37.3 Å². The average Bonchev–Trinajstić information content (AvgIpc) is 2.43. The smallest absolute Gasteiger partial charge is 0.270 e. The summed E-state index contributed by atoms with van der Waals surface area (Å²) in [7, 11) is 0. The van der Waals surface area contributed by atoms with Crippen LogP contribution in [0.5, 0.6) is 0 Å². The second kappa shape index (κ2) is 7.59. The first-order valence-corrected chi connectivity index (χ1v) is 6.07. The number of amides is 2. The first-order valence-electron chi connectivity index (χ1n) is 6.07. The molecule has 7 nitrogen and oxygen atoms in total. The van der Waals surface area contributed by atoms with E-state index < -0.39 is 16.7 Å². The minimum atomic E-state index is -0.535. The predicted octanol–water partition coefficient (Wildman–Crippen LogP) is 1.37. The first-order chi connectivity index (χ1) is 9.93. The molecular weight excluding hydrogens is 274 g/mol. The third kappa shape index (κ3) is 5.27. The van der Waals surface area contributed by atoms with E-state index in [-0.39, 0.29) is 17.9 Å². The Morgan fingerprint density at radius 1 is 1.43 bits per heavy atom. The molecule has 0 aromatic heterocycles. The van der Waals surface area contributed by atoms with Gasteiger partial charge in [-0.25, -0.2) is 0 Å². The van der Waals surface area contributed by atoms with Gasteiger partial charge >= 0.3 is 0 Å². The van der Waals surface area contributed by atoms with Crippen LogP contribution in [0.15, 0.2) is 42.6 Å². The molecule has 2 N–H and O–H groups in total. The quantitative estimate of drug-likeness (QED) is 0.357. The summed E-state index contributed by atoms with van der Waals surface area (Å²) in [6.45, 7) is 4.98. The van der Waals surface area contributed by atoms with E-state index in [4.69, 9.17) is 0 Å². The maximum Gasteiger partial charge on any atom is 0.270 e. The van der Waals surface area contributed by atoms with Gasteiger partial charge in [0.2, 0.25) is 5.91 Å². The second-order valence-electron chi connectivity index (χ2n) is 4.09. The Balaban J connectivity index is 3.09. The lowest BCUT2D eigenvalue weighted by Gasteiger charge is -2.08. The van der Waals surface area contributed by atoms with E-state index >= 15 is 0 Å². The molecule has 0 spiro atoms. The minimum Gasteiger partial charge on any atom is -0.347 e. The molecule has 0 bridgehead atoms. The Morgan fingerprint density at radius 3 is 2.71 bits per heavy atom. The number of benzene rings is 1. The number of hydrogen-bond donors (Lipinski definition) is 2. The Morgan fingerprint density at radius 2 is 2.14 bits per heavy atom. The van der Waals surface area contributed by atoms with Crippen molar-refractivity contribution in [2.24, 2.45) is 0 Å². The van der Waals surface area contributed by atoms with Crippen LogP contribution in [0.1, 0.15) is 12.5 Å². The Bertz CT molecular complexity index is 608. The van der Waals surface area contributed by atoms with Crippen LogP contribution in [0.2, 0.25) is 0 Å². The highest BCUT2D eigenvalue weighted by Crippen LogP contribution is 2.15. The molecule has 0 unspecified atom stereocenters. The van der Waals surface area contributed by atoms with Crippen molar-refractivity contribution in [1.82, 2.24) is 10.6 Å². The zero-order chi connectivity index (χ0) is 15.8. The third-order valence-corrected chi connectivity index (χ3v) is 2.35. The third-order valence-electron chi connectivity index (χ3n) is 2.35. The van der Waals surface area contributed by atoms with Crippen LogP contribution < -0.4 is 10.6 Å². The van der Waals surface area contributed by atoms with Crippen molar-refractivity contribution < 1.29 is 14.5 Å². The van der Waals surface area contributed by atoms with E-state index in [0.717, 1.165) is 0 Å². The van der Waals surface area contributed by atoms with Gasteiger partial charge in [0.05, 0.1) is 4.92 Å². The van der Waals surface area contributed by atoms with Crippen LogP contribution in [-0.2, 0) is 9.59 Å². The highest BCUT2D eigenvalue weighted by molar-refractivity contribution is 6.01. The summed E-state index contributed by atoms with van der Waals surface area (Å²) < 4.78 is 0. The predicted molar refractivity (Wildman–Crippen MR) is 78.1 cm³/mol. The van der Waals surface area contributed by atoms with Crippen molar-refractivity contribution >= 4 is 23.6 Å². The fourth-order valence-electron chi connectivity index (χ4n) is 1.50. The number of hydrogen-bond acceptors (Lipinski definition) is 4. The van der Waals surface area contributed by atoms with Gasteiger partial charge in [0.15, 0.2) is 0 Å². The molecule has 2 amide bonds. The monoisotopic (exact) mass is 289 g/mol. The van der Waals surface area contributed by atoms with E-state index in [2.05, 4.69) is 17.2 Å². The van der Waals surface area contributed by atoms with E-state index in [0.29, 0.717) is 5.56 Å². The maximum atomic E-state index is 11.9. The van der Waals surface area contributed by atoms with Crippen molar-refractivity contribution in [2.75, 3.05) is 6.54 Å². The largest absolute Gasteiger partial charge is 0.347 e. The van der Waals surface area contributed by atoms with Crippen LogP contribution in [0.3, 0.4) is 0 Å². The molecule has 0 saturated heterocycles. The molecular formula is C14H15N3O4. The van der Waals surface area contributed by atoms with Gasteiger partial charge < -0.3 is 10.6 Å². The standard InChI is InChI=1S/C14H15N3O4/c1-3-7-15-14(19)13(16-10(2)18)9-11-5-4-6-12(8-11)17(20)21/h3-6,8-9H,1,7H2,2H3,(H,15,19)(H,16,18)/b13-9+. The van der Waals surface area contributed by atoms with Crippen LogP contribution in [-0.4, -0.2) is 23.3 Å². The Labute approximate surface area is 121 Å². The molecule has 7 heteroatoms. The normalized spacial score (nSPS) is 10.6. The Hall–Kier alpha value is -2.96. The average molecular weight is 289 g/mol. The van der Waals surface area contributed by atoms with Crippen LogP contribution in [0.25, 0.3) is 6.08 Å². The molecule has 0 heterocycles. The van der Waals surface area contributed by atoms with E-state index in [1.54, 1.807) is 6.07 Å². The summed E-state index contributed by atoms with van der Waals surface area (Å²) in [5.74, 6) is -0.919. The van der Waals surface area contributed by atoms with Gasteiger partial charge in [0, 0.05) is 25.6 Å². The van der Waals surface area contributed by atoms with Gasteiger partial charge in [-0.15, -0.1) is 6.58 Å². The lowest BCUT2D eigenvalue weighted by Crippen LogP contribution is -2.33. The number of nitro benzene ring substituents is 1. The first kappa shape index (κ1) is 16.1. The summed E-state index contributed by atoms with van der Waals surface area (Å²) >= 11 is 0. The van der Waals surface area contributed by atoms with Crippen molar-refractivity contribution in [3.05, 3.63) is 58.3 Å². The van der Waals surface area contributed by atoms with Gasteiger partial charge in [-0.1, -0.05) is 18.2 Å². The fraction of sp³-hybridized carbons (Fsp3) is 0.143. The fourth-order valence-corrected chi connectivity index (χ4v) is 1.50. The van der Waals surface area contributed by atoms with E-state index in [1.807, 2.05) is 0 Å². The number of rotatable bonds is 6. The van der Waals surface area contributed by atoms with Crippen molar-refractivity contribution in [1.29, 1.82) is 0 Å². The van der Waals surface area contributed by atoms with Crippen molar-refractivity contribution in [3.63, 3.8) is 0 Å². The molecule has 0 radical (unpaired) electrons. The summed E-state index contributed by atoms with van der Waals surface area (Å²) in [6, 6.07) is 5.74. The van der Waals surface area contributed by atoms with Gasteiger partial charge in [0.1, 0.15) is 5.70 Å². The number of carbonyl (C=O) groups excluding carboxylic acids is 2. The summed E-state index contributed by atoms with van der Waals surface area (Å²) in [5.41, 5.74) is 0.337. The molecule has 1 aromatic rings. The lowest BCUT2D eigenvalue weighted by molar-refractivity contribution is -0.384. The topological polar surface area (TPSA) is 101 Å². The highest BCUT2D eigenvalue weighted by atomic mass is 16.6. The summed E-state index contributed by atoms with van der Waals surface area (Å²) in [4.78, 5) is 33.2. The molecule has 1 rings (SSSR count). The number of carbonyl (C=O) groups is 2. The number of nitrogens with one attached hydrogen (secondary N) is 2. The molecule has 0 saturated carbocycles. The van der Waals surface area contributed by atoms with Gasteiger partial charge in [-0.3, -0.25) is 19.7 Å². The molecule has 21 heavy (non-hydrogen) atoms. The second-order valence-corrected chi connectivity index (χ2v) is 4.09. The Kier molecular flexibility index (Phi) is 5.81. The molecule has 1 aromatic carbocycles. The van der Waals surface area contributed by atoms with E-state index in [9.17, 15) is 19.7 Å². The minimum absolute atomic E-state index is 0.00449. The maximum absolute atomic E-state index is 11.9. The van der Waals surface area contributed by atoms with Crippen LogP contribution in [0.4, 0.5) is 5.69 Å². The molecule has 0 fully saturated rings. The van der Waals surface area contributed by atoms with Crippen LogP contribution >= 0.6 is 0 Å². The summed E-state index contributed by atoms with van der Waals surface area (Å²) in [5, 5.41) is 15.6. The van der Waals surface area contributed by atoms with Gasteiger partial charge in [0.25, 0.3) is 11.6 Å². The zero-order valence-corrected chi connectivity index (χ0v) is 11.5. The molecule has 0 aliphatic rings. The molecule has 0 aliphatic carbocycles. The molecule has 0 atom stereocenters. The highest BCUT2D eigenvalue weighted by Gasteiger charge is 2.11. The lowest BCUT2D eigenvalue weighted by atomic mass is 10.1. The van der Waals surface area contributed by atoms with Crippen LogP contribution in [0, 0.1) is 10.1 Å². The number of nitro groups is 1. The van der Waals surface area contributed by atoms with Gasteiger partial charge in [-0.2, -0.15) is 0 Å². The molecule has 0 aliphatic heterocycles. The number of nitrogens with zero attached hydrogens (tertiary/aromatic N) is 1. The summed E-state index contributed by atoms with van der Waals surface area (Å²) in [6.07, 6.45) is 2.86. The zero-order valence-electron chi connectivity index (χ0n) is 11.5. The van der Waals surface area contributed by atoms with Crippen molar-refractivity contribution in [3.8, 4) is 0 Å². The van der Waals surface area contributed by atoms with Gasteiger partial charge in [-0.05, 0) is 11.6 Å².